The summed E-state index contributed by atoms with van der Waals surface area (Å²) in [6.07, 6.45) is 3.13. The van der Waals surface area contributed by atoms with Crippen molar-refractivity contribution in [3.05, 3.63) is 89.0 Å². The van der Waals surface area contributed by atoms with Crippen molar-refractivity contribution < 1.29 is 9.32 Å². The minimum Gasteiger partial charge on any atom is -0.350 e. The molecule has 31 heavy (non-hydrogen) atoms. The topological polar surface area (TPSA) is 85.0 Å². The number of nitrogens with zero attached hydrogens (tertiary/aromatic N) is 5. The number of ketones is 1. The maximum Gasteiger partial charge on any atom is 0.295 e. The van der Waals surface area contributed by atoms with E-state index in [-0.39, 0.29) is 23.3 Å². The minimum atomic E-state index is -0.657. The van der Waals surface area contributed by atoms with E-state index in [1.807, 2.05) is 53.4 Å². The molecule has 2 atom stereocenters. The van der Waals surface area contributed by atoms with E-state index in [1.165, 1.54) is 0 Å². The molecule has 1 aliphatic rings. The van der Waals surface area contributed by atoms with Crippen LogP contribution in [0.1, 0.15) is 27.7 Å². The summed E-state index contributed by atoms with van der Waals surface area (Å²) in [7, 11) is 0. The third-order valence-electron chi connectivity index (χ3n) is 5.11. The minimum absolute atomic E-state index is 0.124. The van der Waals surface area contributed by atoms with Gasteiger partial charge in [0.2, 0.25) is 17.4 Å². The third-order valence-corrected chi connectivity index (χ3v) is 5.84. The van der Waals surface area contributed by atoms with Gasteiger partial charge in [-0.1, -0.05) is 58.7 Å². The highest BCUT2D eigenvalue weighted by Gasteiger charge is 2.43. The molecule has 1 aliphatic heterocycles. The van der Waals surface area contributed by atoms with Crippen molar-refractivity contribution in [3.63, 3.8) is 0 Å². The van der Waals surface area contributed by atoms with E-state index in [9.17, 15) is 4.79 Å². The molecule has 2 unspecified atom stereocenters. The Hall–Kier alpha value is -3.29. The van der Waals surface area contributed by atoms with Crippen LogP contribution in [0.15, 0.2) is 71.5 Å². The Kier molecular flexibility index (Phi) is 5.13. The van der Waals surface area contributed by atoms with Gasteiger partial charge in [0.05, 0.1) is 5.92 Å². The van der Waals surface area contributed by atoms with E-state index in [4.69, 9.17) is 27.7 Å². The Morgan fingerprint density at radius 2 is 1.74 bits per heavy atom. The number of carbonyl (C=O) groups is 1. The molecular formula is C22H15Cl2N5O2. The smallest absolute Gasteiger partial charge is 0.295 e. The summed E-state index contributed by atoms with van der Waals surface area (Å²) in [5.41, 5.74) is 2.11. The molecule has 2 aromatic carbocycles. The normalized spacial score (nSPS) is 17.5. The molecular weight excluding hydrogens is 437 g/mol. The molecule has 3 heterocycles. The second-order valence-corrected chi connectivity index (χ2v) is 7.91. The quantitative estimate of drug-likeness (QED) is 0.246. The van der Waals surface area contributed by atoms with E-state index in [1.54, 1.807) is 18.5 Å². The molecule has 0 amide bonds. The average Bonchev–Trinajstić information content (AvgIpc) is 3.40. The number of benzene rings is 2. The van der Waals surface area contributed by atoms with Gasteiger partial charge in [-0.25, -0.2) is 9.97 Å². The van der Waals surface area contributed by atoms with Crippen LogP contribution in [-0.2, 0) is 6.54 Å². The Balaban J connectivity index is 1.46. The summed E-state index contributed by atoms with van der Waals surface area (Å²) in [5, 5.41) is 4.52. The first-order valence-corrected chi connectivity index (χ1v) is 10.3. The number of hydrogen-bond donors (Lipinski definition) is 0. The fraction of sp³-hybridized carbons (Fsp3) is 0.136. The van der Waals surface area contributed by atoms with Gasteiger partial charge in [0.25, 0.3) is 5.89 Å². The Morgan fingerprint density at radius 1 is 1.00 bits per heavy atom. The van der Waals surface area contributed by atoms with Gasteiger partial charge in [-0.15, -0.1) is 0 Å². The van der Waals surface area contributed by atoms with Crippen molar-refractivity contribution >= 4 is 34.7 Å². The number of carbonyl (C=O) groups excluding carboxylic acids is 1. The first-order chi connectivity index (χ1) is 15.1. The molecule has 5 rings (SSSR count). The molecule has 9 heteroatoms. The average molecular weight is 452 g/mol. The van der Waals surface area contributed by atoms with Crippen LogP contribution < -0.4 is 4.90 Å². The number of Topliss-reactive ketones (excluding diaryl/α,β-unsaturated/α-hetero) is 1. The summed E-state index contributed by atoms with van der Waals surface area (Å²) in [5.74, 6) is -0.694. The number of halogens is 2. The lowest BCUT2D eigenvalue weighted by Gasteiger charge is -2.25. The van der Waals surface area contributed by atoms with Crippen LogP contribution in [0.4, 0.5) is 5.69 Å². The molecule has 2 aromatic heterocycles. The zero-order valence-electron chi connectivity index (χ0n) is 16.0. The highest BCUT2D eigenvalue weighted by molar-refractivity contribution is 6.30. The van der Waals surface area contributed by atoms with Crippen LogP contribution >= 0.6 is 23.2 Å². The lowest BCUT2D eigenvalue weighted by molar-refractivity contribution is 0.0917. The third kappa shape index (κ3) is 3.66. The first kappa shape index (κ1) is 19.7. The fourth-order valence-electron chi connectivity index (χ4n) is 3.66. The molecule has 0 bridgehead atoms. The van der Waals surface area contributed by atoms with Gasteiger partial charge in [0.15, 0.2) is 0 Å². The standard InChI is InChI=1S/C22H15Cl2N5O2/c23-14-8-6-13(7-9-14)12-29-16-5-2-1-4-15(16)17(19(29)24)18(30)22-27-21(28-31-22)20-25-10-3-11-26-20/h1-11,17,19H,12H2. The van der Waals surface area contributed by atoms with Crippen molar-refractivity contribution in [2.75, 3.05) is 4.90 Å². The van der Waals surface area contributed by atoms with Crippen LogP contribution in [0.25, 0.3) is 11.6 Å². The Bertz CT molecular complexity index is 1230. The zero-order valence-corrected chi connectivity index (χ0v) is 17.5. The maximum atomic E-state index is 13.3. The summed E-state index contributed by atoms with van der Waals surface area (Å²) < 4.78 is 5.24. The molecule has 0 N–H and O–H groups in total. The van der Waals surface area contributed by atoms with E-state index < -0.39 is 11.4 Å². The molecule has 7 nitrogen and oxygen atoms in total. The van der Waals surface area contributed by atoms with Crippen LogP contribution in [0, 0.1) is 0 Å². The summed E-state index contributed by atoms with van der Waals surface area (Å²) in [6.45, 7) is 0.527. The van der Waals surface area contributed by atoms with Gasteiger partial charge >= 0.3 is 0 Å². The van der Waals surface area contributed by atoms with Crippen LogP contribution in [-0.4, -0.2) is 31.4 Å². The van der Waals surface area contributed by atoms with Crippen molar-refractivity contribution in [2.24, 2.45) is 0 Å². The largest absolute Gasteiger partial charge is 0.350 e. The van der Waals surface area contributed by atoms with Crippen molar-refractivity contribution in [1.82, 2.24) is 20.1 Å². The molecule has 0 spiro atoms. The van der Waals surface area contributed by atoms with Crippen LogP contribution in [0.3, 0.4) is 0 Å². The van der Waals surface area contributed by atoms with Crippen molar-refractivity contribution in [3.8, 4) is 11.6 Å². The predicted molar refractivity (Wildman–Crippen MR) is 116 cm³/mol. The second kappa shape index (κ2) is 8.09. The maximum absolute atomic E-state index is 13.3. The summed E-state index contributed by atoms with van der Waals surface area (Å²) >= 11 is 12.8. The highest BCUT2D eigenvalue weighted by Crippen LogP contribution is 2.44. The monoisotopic (exact) mass is 451 g/mol. The molecule has 0 saturated heterocycles. The van der Waals surface area contributed by atoms with Crippen LogP contribution in [0.5, 0.6) is 0 Å². The van der Waals surface area contributed by atoms with Crippen molar-refractivity contribution in [2.45, 2.75) is 18.0 Å². The number of hydrogen-bond acceptors (Lipinski definition) is 7. The first-order valence-electron chi connectivity index (χ1n) is 9.51. The second-order valence-electron chi connectivity index (χ2n) is 7.02. The molecule has 0 radical (unpaired) electrons. The van der Waals surface area contributed by atoms with E-state index in [0.29, 0.717) is 11.6 Å². The molecule has 154 valence electrons. The molecule has 0 fully saturated rings. The van der Waals surface area contributed by atoms with E-state index >= 15 is 0 Å². The lowest BCUT2D eigenvalue weighted by atomic mass is 9.96. The molecule has 0 saturated carbocycles. The summed E-state index contributed by atoms with van der Waals surface area (Å²) in [6, 6.07) is 16.9. The lowest BCUT2D eigenvalue weighted by Crippen LogP contribution is -2.32. The Labute approximate surface area is 187 Å². The highest BCUT2D eigenvalue weighted by atomic mass is 35.5. The van der Waals surface area contributed by atoms with Crippen molar-refractivity contribution in [1.29, 1.82) is 0 Å². The summed E-state index contributed by atoms with van der Waals surface area (Å²) in [4.78, 5) is 27.7. The number of anilines is 1. The predicted octanol–water partition coefficient (Wildman–Crippen LogP) is 4.73. The van der Waals surface area contributed by atoms with E-state index in [0.717, 1.165) is 16.8 Å². The molecule has 0 aliphatic carbocycles. The van der Waals surface area contributed by atoms with Gasteiger partial charge in [0.1, 0.15) is 5.50 Å². The van der Waals surface area contributed by atoms with E-state index in [2.05, 4.69) is 20.1 Å². The van der Waals surface area contributed by atoms with Gasteiger partial charge < -0.3 is 9.42 Å². The van der Waals surface area contributed by atoms with Gasteiger partial charge in [-0.2, -0.15) is 4.98 Å². The van der Waals surface area contributed by atoms with Gasteiger partial charge in [0, 0.05) is 29.6 Å². The zero-order chi connectivity index (χ0) is 21.4. The number of fused-ring (bicyclic) bond motifs is 1. The Morgan fingerprint density at radius 3 is 2.52 bits per heavy atom. The van der Waals surface area contributed by atoms with Gasteiger partial charge in [-0.05, 0) is 35.4 Å². The van der Waals surface area contributed by atoms with Gasteiger partial charge in [-0.3, -0.25) is 4.79 Å². The fourth-order valence-corrected chi connectivity index (χ4v) is 4.21. The number of aromatic nitrogens is 4. The SMILES string of the molecule is O=C(c1nc(-c2ncccn2)no1)C1c2ccccc2N(Cc2ccc(Cl)cc2)C1Cl. The van der Waals surface area contributed by atoms with Crippen LogP contribution in [0.2, 0.25) is 5.02 Å². The number of alkyl halides is 1. The number of rotatable bonds is 5. The molecule has 4 aromatic rings. The number of para-hydroxylation sites is 1.